The summed E-state index contributed by atoms with van der Waals surface area (Å²) < 4.78 is 5.40. The molecule has 0 saturated heterocycles. The fourth-order valence-electron chi connectivity index (χ4n) is 3.04. The lowest BCUT2D eigenvalue weighted by Crippen LogP contribution is -2.27. The van der Waals surface area contributed by atoms with Gasteiger partial charge in [-0.25, -0.2) is 4.79 Å². The number of hydrogen-bond acceptors (Lipinski definition) is 3. The van der Waals surface area contributed by atoms with E-state index in [1.165, 1.54) is 16.8 Å². The molecule has 0 bridgehead atoms. The van der Waals surface area contributed by atoms with Gasteiger partial charge >= 0.3 is 5.97 Å². The largest absolute Gasteiger partial charge is 0.457 e. The minimum atomic E-state index is -0.434. The standard InChI is InChI=1S/C17H21NO2/c1-17(2,3)20-15(19)11-14-8-7-12-5-4-6-13-9-10-18(14)16(12)13/h4-6,11H,7-10H2,1-3H3/b14-11+. The lowest BCUT2D eigenvalue weighted by molar-refractivity contribution is -0.148. The number of carbonyl (C=O) groups is 1. The highest BCUT2D eigenvalue weighted by molar-refractivity contribution is 5.85. The van der Waals surface area contributed by atoms with Gasteiger partial charge in [0.2, 0.25) is 0 Å². The molecule has 20 heavy (non-hydrogen) atoms. The zero-order valence-electron chi connectivity index (χ0n) is 12.4. The summed E-state index contributed by atoms with van der Waals surface area (Å²) in [5.41, 5.74) is 4.79. The van der Waals surface area contributed by atoms with Crippen LogP contribution < -0.4 is 4.90 Å². The maximum absolute atomic E-state index is 12.0. The van der Waals surface area contributed by atoms with Gasteiger partial charge in [-0.1, -0.05) is 18.2 Å². The van der Waals surface area contributed by atoms with Gasteiger partial charge in [-0.3, -0.25) is 0 Å². The Balaban J connectivity index is 1.87. The molecule has 3 heteroatoms. The van der Waals surface area contributed by atoms with Gasteiger partial charge in [0.15, 0.2) is 0 Å². The summed E-state index contributed by atoms with van der Waals surface area (Å²) in [5, 5.41) is 0. The predicted molar refractivity (Wildman–Crippen MR) is 79.7 cm³/mol. The van der Waals surface area contributed by atoms with Crippen LogP contribution in [-0.2, 0) is 22.4 Å². The molecular formula is C17H21NO2. The predicted octanol–water partition coefficient (Wildman–Crippen LogP) is 3.22. The van der Waals surface area contributed by atoms with Crippen LogP contribution in [0.4, 0.5) is 5.69 Å². The molecule has 2 aliphatic heterocycles. The highest BCUT2D eigenvalue weighted by Gasteiger charge is 2.29. The number of allylic oxidation sites excluding steroid dienone is 1. The fourth-order valence-corrected chi connectivity index (χ4v) is 3.04. The van der Waals surface area contributed by atoms with E-state index in [4.69, 9.17) is 4.74 Å². The number of carbonyl (C=O) groups excluding carboxylic acids is 1. The molecule has 0 unspecified atom stereocenters. The number of hydrogen-bond donors (Lipinski definition) is 0. The Morgan fingerprint density at radius 3 is 2.60 bits per heavy atom. The normalized spacial score (nSPS) is 19.1. The molecule has 0 atom stereocenters. The molecule has 0 aromatic heterocycles. The molecule has 106 valence electrons. The Labute approximate surface area is 120 Å². The van der Waals surface area contributed by atoms with E-state index in [9.17, 15) is 4.79 Å². The van der Waals surface area contributed by atoms with Crippen LogP contribution in [0.3, 0.4) is 0 Å². The zero-order valence-corrected chi connectivity index (χ0v) is 12.4. The van der Waals surface area contributed by atoms with Crippen molar-refractivity contribution >= 4 is 11.7 Å². The number of benzene rings is 1. The summed E-state index contributed by atoms with van der Waals surface area (Å²) in [4.78, 5) is 14.3. The van der Waals surface area contributed by atoms with Crippen molar-refractivity contribution in [1.29, 1.82) is 0 Å². The number of para-hydroxylation sites is 1. The molecule has 0 radical (unpaired) electrons. The molecule has 3 nitrogen and oxygen atoms in total. The summed E-state index contributed by atoms with van der Waals surface area (Å²) in [6.45, 7) is 6.66. The van der Waals surface area contributed by atoms with Gasteiger partial charge in [-0.2, -0.15) is 0 Å². The number of rotatable bonds is 1. The number of aryl methyl sites for hydroxylation is 1. The second-order valence-corrected chi connectivity index (χ2v) is 6.50. The van der Waals surface area contributed by atoms with Gasteiger partial charge in [0.05, 0.1) is 0 Å². The zero-order chi connectivity index (χ0) is 14.3. The van der Waals surface area contributed by atoms with Crippen LogP contribution in [0.5, 0.6) is 0 Å². The third-order valence-corrected chi connectivity index (χ3v) is 3.77. The van der Waals surface area contributed by atoms with E-state index in [1.54, 1.807) is 6.08 Å². The second-order valence-electron chi connectivity index (χ2n) is 6.50. The Hall–Kier alpha value is -1.77. The number of nitrogens with zero attached hydrogens (tertiary/aromatic N) is 1. The van der Waals surface area contributed by atoms with E-state index in [0.717, 1.165) is 31.5 Å². The van der Waals surface area contributed by atoms with Crippen molar-refractivity contribution in [2.75, 3.05) is 11.4 Å². The highest BCUT2D eigenvalue weighted by atomic mass is 16.6. The van der Waals surface area contributed by atoms with E-state index in [0.29, 0.717) is 0 Å². The van der Waals surface area contributed by atoms with E-state index in [-0.39, 0.29) is 5.97 Å². The molecule has 0 spiro atoms. The van der Waals surface area contributed by atoms with E-state index in [2.05, 4.69) is 23.1 Å². The molecule has 0 saturated carbocycles. The second kappa shape index (κ2) is 4.65. The SMILES string of the molecule is CC(C)(C)OC(=O)/C=C1\CCc2cccc3c2N1CC3. The summed E-state index contributed by atoms with van der Waals surface area (Å²) in [7, 11) is 0. The van der Waals surface area contributed by atoms with Crippen molar-refractivity contribution in [1.82, 2.24) is 0 Å². The minimum absolute atomic E-state index is 0.236. The average Bonchev–Trinajstić information content (AvgIpc) is 2.76. The molecule has 2 heterocycles. The Bertz CT molecular complexity index is 581. The quantitative estimate of drug-likeness (QED) is 0.580. The summed E-state index contributed by atoms with van der Waals surface area (Å²) >= 11 is 0. The summed E-state index contributed by atoms with van der Waals surface area (Å²) in [6, 6.07) is 6.52. The van der Waals surface area contributed by atoms with Gasteiger partial charge in [0.1, 0.15) is 5.60 Å². The van der Waals surface area contributed by atoms with Gasteiger partial charge in [0, 0.05) is 24.0 Å². The fraction of sp³-hybridized carbons (Fsp3) is 0.471. The summed E-state index contributed by atoms with van der Waals surface area (Å²) in [5.74, 6) is -0.236. The lowest BCUT2D eigenvalue weighted by Gasteiger charge is -2.30. The monoisotopic (exact) mass is 271 g/mol. The first kappa shape index (κ1) is 13.2. The number of esters is 1. The Morgan fingerprint density at radius 2 is 1.90 bits per heavy atom. The van der Waals surface area contributed by atoms with Crippen LogP contribution in [0.15, 0.2) is 30.0 Å². The molecule has 3 rings (SSSR count). The molecule has 1 aromatic rings. The van der Waals surface area contributed by atoms with Crippen LogP contribution in [0, 0.1) is 0 Å². The van der Waals surface area contributed by atoms with Crippen molar-refractivity contribution in [3.8, 4) is 0 Å². The Kier molecular flexibility index (Phi) is 3.08. The van der Waals surface area contributed by atoms with Gasteiger partial charge in [-0.05, 0) is 51.2 Å². The molecule has 0 aliphatic carbocycles. The van der Waals surface area contributed by atoms with E-state index < -0.39 is 5.60 Å². The third kappa shape index (κ3) is 2.45. The third-order valence-electron chi connectivity index (χ3n) is 3.77. The summed E-state index contributed by atoms with van der Waals surface area (Å²) in [6.07, 6.45) is 4.66. The van der Waals surface area contributed by atoms with Crippen molar-refractivity contribution in [3.05, 3.63) is 41.1 Å². The first-order valence-corrected chi connectivity index (χ1v) is 7.26. The Morgan fingerprint density at radius 1 is 1.20 bits per heavy atom. The van der Waals surface area contributed by atoms with Gasteiger partial charge < -0.3 is 9.64 Å². The number of ether oxygens (including phenoxy) is 1. The molecule has 2 aliphatic rings. The van der Waals surface area contributed by atoms with Crippen molar-refractivity contribution < 1.29 is 9.53 Å². The van der Waals surface area contributed by atoms with Crippen molar-refractivity contribution in [2.45, 2.75) is 45.6 Å². The van der Waals surface area contributed by atoms with E-state index >= 15 is 0 Å². The maximum Gasteiger partial charge on any atom is 0.333 e. The average molecular weight is 271 g/mol. The van der Waals surface area contributed by atoms with Crippen LogP contribution >= 0.6 is 0 Å². The number of anilines is 1. The molecule has 0 N–H and O–H groups in total. The van der Waals surface area contributed by atoms with Crippen molar-refractivity contribution in [3.63, 3.8) is 0 Å². The maximum atomic E-state index is 12.0. The molecule has 0 amide bonds. The van der Waals surface area contributed by atoms with E-state index in [1.807, 2.05) is 20.8 Å². The van der Waals surface area contributed by atoms with Crippen LogP contribution in [0.25, 0.3) is 0 Å². The first-order chi connectivity index (χ1) is 9.44. The molecule has 0 fully saturated rings. The van der Waals surface area contributed by atoms with Crippen LogP contribution in [-0.4, -0.2) is 18.1 Å². The van der Waals surface area contributed by atoms with Crippen LogP contribution in [0.2, 0.25) is 0 Å². The van der Waals surface area contributed by atoms with Crippen molar-refractivity contribution in [2.24, 2.45) is 0 Å². The lowest BCUT2D eigenvalue weighted by atomic mass is 9.98. The smallest absolute Gasteiger partial charge is 0.333 e. The minimum Gasteiger partial charge on any atom is -0.457 e. The molecule has 1 aromatic carbocycles. The first-order valence-electron chi connectivity index (χ1n) is 7.26. The van der Waals surface area contributed by atoms with Crippen LogP contribution in [0.1, 0.15) is 38.3 Å². The van der Waals surface area contributed by atoms with Gasteiger partial charge in [0.25, 0.3) is 0 Å². The van der Waals surface area contributed by atoms with Gasteiger partial charge in [-0.15, -0.1) is 0 Å². The molecular weight excluding hydrogens is 250 g/mol. The topological polar surface area (TPSA) is 29.5 Å². The highest BCUT2D eigenvalue weighted by Crippen LogP contribution is 2.40.